The fourth-order valence-electron chi connectivity index (χ4n) is 3.70. The number of hydrogen-bond acceptors (Lipinski definition) is 6. The van der Waals surface area contributed by atoms with Crippen molar-refractivity contribution < 1.29 is 22.7 Å². The summed E-state index contributed by atoms with van der Waals surface area (Å²) in [6.45, 7) is 2.82. The number of anilines is 1. The molecule has 0 radical (unpaired) electrons. The van der Waals surface area contributed by atoms with Gasteiger partial charge in [0.15, 0.2) is 0 Å². The summed E-state index contributed by atoms with van der Waals surface area (Å²) in [7, 11) is -3.94. The Bertz CT molecular complexity index is 1220. The van der Waals surface area contributed by atoms with Crippen LogP contribution < -0.4 is 20.1 Å². The van der Waals surface area contributed by atoms with E-state index in [1.807, 2.05) is 47.4 Å². The van der Waals surface area contributed by atoms with Gasteiger partial charge in [0.25, 0.3) is 5.91 Å². The maximum Gasteiger partial charge on any atom is 0.253 e. The molecular weight excluding hydrogens is 430 g/mol. The molecule has 32 heavy (non-hydrogen) atoms. The second kappa shape index (κ2) is 9.56. The van der Waals surface area contributed by atoms with E-state index in [0.717, 1.165) is 16.5 Å². The molecule has 1 amide bonds. The van der Waals surface area contributed by atoms with Crippen LogP contribution in [0.4, 0.5) is 5.69 Å². The number of rotatable bonds is 7. The first-order valence-electron chi connectivity index (χ1n) is 10.3. The number of nitrogens with one attached hydrogen (secondary N) is 1. The highest BCUT2D eigenvalue weighted by Crippen LogP contribution is 2.26. The summed E-state index contributed by atoms with van der Waals surface area (Å²) in [5.41, 5.74) is 0.900. The zero-order valence-corrected chi connectivity index (χ0v) is 18.3. The second-order valence-corrected chi connectivity index (χ2v) is 8.97. The first-order valence-corrected chi connectivity index (χ1v) is 11.9. The molecule has 0 unspecified atom stereocenters. The Hall–Kier alpha value is -3.14. The van der Waals surface area contributed by atoms with Gasteiger partial charge in [-0.2, -0.15) is 0 Å². The number of nitrogens with two attached hydrogens (primary N) is 1. The Balaban J connectivity index is 1.46. The smallest absolute Gasteiger partial charge is 0.253 e. The molecule has 1 heterocycles. The summed E-state index contributed by atoms with van der Waals surface area (Å²) >= 11 is 0. The van der Waals surface area contributed by atoms with Crippen LogP contribution in [0.15, 0.2) is 65.6 Å². The van der Waals surface area contributed by atoms with Gasteiger partial charge in [-0.3, -0.25) is 4.79 Å². The summed E-state index contributed by atoms with van der Waals surface area (Å²) < 4.78 is 34.9. The predicted octanol–water partition coefficient (Wildman–Crippen LogP) is 2.13. The molecule has 0 aromatic heterocycles. The normalized spacial score (nSPS) is 14.3. The van der Waals surface area contributed by atoms with E-state index in [4.69, 9.17) is 14.6 Å². The van der Waals surface area contributed by atoms with Crippen molar-refractivity contribution in [2.45, 2.75) is 4.90 Å². The quantitative estimate of drug-likeness (QED) is 0.528. The number of sulfonamides is 1. The third kappa shape index (κ3) is 5.01. The van der Waals surface area contributed by atoms with E-state index in [1.54, 1.807) is 6.07 Å². The lowest BCUT2D eigenvalue weighted by Gasteiger charge is -2.30. The molecule has 8 nitrogen and oxygen atoms in total. The van der Waals surface area contributed by atoms with Crippen LogP contribution in [-0.4, -0.2) is 53.8 Å². The molecule has 3 N–H and O–H groups in total. The van der Waals surface area contributed by atoms with Crippen LogP contribution in [0.2, 0.25) is 0 Å². The van der Waals surface area contributed by atoms with Crippen molar-refractivity contribution in [3.05, 3.63) is 66.2 Å². The van der Waals surface area contributed by atoms with Crippen LogP contribution in [0.1, 0.15) is 10.4 Å². The highest BCUT2D eigenvalue weighted by atomic mass is 32.2. The molecule has 0 spiro atoms. The van der Waals surface area contributed by atoms with Crippen LogP contribution in [0.5, 0.6) is 5.75 Å². The van der Waals surface area contributed by atoms with Crippen molar-refractivity contribution in [1.82, 2.24) is 5.32 Å². The monoisotopic (exact) mass is 455 g/mol. The Morgan fingerprint density at radius 2 is 1.81 bits per heavy atom. The van der Waals surface area contributed by atoms with Crippen molar-refractivity contribution >= 4 is 32.4 Å². The van der Waals surface area contributed by atoms with Gasteiger partial charge in [0.1, 0.15) is 12.4 Å². The molecule has 0 atom stereocenters. The maximum absolute atomic E-state index is 13.0. The number of carbonyl (C=O) groups excluding carboxylic acids is 1. The molecule has 0 saturated carbocycles. The molecule has 1 aliphatic rings. The third-order valence-corrected chi connectivity index (χ3v) is 6.20. The molecule has 3 aromatic carbocycles. The molecule has 3 aromatic rings. The van der Waals surface area contributed by atoms with Crippen molar-refractivity contribution in [1.29, 1.82) is 0 Å². The summed E-state index contributed by atoms with van der Waals surface area (Å²) in [5.74, 6) is 0.348. The number of nitrogens with zero attached hydrogens (tertiary/aromatic N) is 1. The molecule has 0 bridgehead atoms. The highest BCUT2D eigenvalue weighted by molar-refractivity contribution is 7.89. The lowest BCUT2D eigenvalue weighted by Crippen LogP contribution is -2.38. The maximum atomic E-state index is 13.0. The Morgan fingerprint density at radius 3 is 2.59 bits per heavy atom. The van der Waals surface area contributed by atoms with E-state index in [-0.39, 0.29) is 23.6 Å². The number of primary sulfonamides is 1. The van der Waals surface area contributed by atoms with Gasteiger partial charge in [-0.15, -0.1) is 0 Å². The minimum Gasteiger partial charge on any atom is -0.491 e. The molecule has 1 saturated heterocycles. The molecule has 0 aliphatic carbocycles. The average Bonchev–Trinajstić information content (AvgIpc) is 2.81. The largest absolute Gasteiger partial charge is 0.491 e. The number of hydrogen-bond donors (Lipinski definition) is 2. The molecular formula is C23H25N3O5S. The van der Waals surface area contributed by atoms with Gasteiger partial charge in [-0.25, -0.2) is 13.6 Å². The summed E-state index contributed by atoms with van der Waals surface area (Å²) in [5, 5.41) is 10.2. The minimum atomic E-state index is -3.94. The van der Waals surface area contributed by atoms with Crippen LogP contribution in [0.3, 0.4) is 0 Å². The number of carbonyl (C=O) groups is 1. The first kappa shape index (κ1) is 22.1. The zero-order valence-electron chi connectivity index (χ0n) is 17.5. The fraction of sp³-hybridized carbons (Fsp3) is 0.261. The Kier molecular flexibility index (Phi) is 6.59. The van der Waals surface area contributed by atoms with Crippen molar-refractivity contribution in [3.63, 3.8) is 0 Å². The van der Waals surface area contributed by atoms with Crippen LogP contribution in [-0.2, 0) is 14.8 Å². The van der Waals surface area contributed by atoms with Gasteiger partial charge in [-0.1, -0.05) is 36.4 Å². The van der Waals surface area contributed by atoms with E-state index in [2.05, 4.69) is 5.32 Å². The molecule has 1 fully saturated rings. The second-order valence-electron chi connectivity index (χ2n) is 7.41. The van der Waals surface area contributed by atoms with Gasteiger partial charge in [0, 0.05) is 24.2 Å². The lowest BCUT2D eigenvalue weighted by molar-refractivity contribution is 0.0945. The minimum absolute atomic E-state index is 0.105. The van der Waals surface area contributed by atoms with Gasteiger partial charge in [0.05, 0.1) is 30.2 Å². The van der Waals surface area contributed by atoms with Crippen molar-refractivity contribution in [3.8, 4) is 5.75 Å². The van der Waals surface area contributed by atoms with E-state index >= 15 is 0 Å². The number of fused-ring (bicyclic) bond motifs is 1. The van der Waals surface area contributed by atoms with Gasteiger partial charge < -0.3 is 19.7 Å². The standard InChI is InChI=1S/C23H25N3O5S/c24-32(28,29)18-8-9-21(26-11-14-30-15-12-26)20(16-18)23(27)25-10-13-31-22-7-3-5-17-4-1-2-6-19(17)22/h1-9,16H,10-15H2,(H,25,27)(H2,24,28,29). The Morgan fingerprint density at radius 1 is 1.06 bits per heavy atom. The highest BCUT2D eigenvalue weighted by Gasteiger charge is 2.21. The predicted molar refractivity (Wildman–Crippen MR) is 123 cm³/mol. The zero-order chi connectivity index (χ0) is 22.6. The summed E-state index contributed by atoms with van der Waals surface area (Å²) in [6.07, 6.45) is 0. The molecule has 1 aliphatic heterocycles. The molecule has 9 heteroatoms. The van der Waals surface area contributed by atoms with Crippen LogP contribution in [0.25, 0.3) is 10.8 Å². The van der Waals surface area contributed by atoms with Gasteiger partial charge >= 0.3 is 0 Å². The average molecular weight is 456 g/mol. The number of benzene rings is 3. The number of amides is 1. The molecule has 4 rings (SSSR count). The van der Waals surface area contributed by atoms with E-state index in [9.17, 15) is 13.2 Å². The summed E-state index contributed by atoms with van der Waals surface area (Å²) in [4.78, 5) is 14.8. The summed E-state index contributed by atoms with van der Waals surface area (Å²) in [6, 6.07) is 18.1. The Labute approximate surface area is 187 Å². The topological polar surface area (TPSA) is 111 Å². The molecule has 168 valence electrons. The fourth-order valence-corrected chi connectivity index (χ4v) is 4.24. The van der Waals surface area contributed by atoms with Gasteiger partial charge in [-0.05, 0) is 29.7 Å². The SMILES string of the molecule is NS(=O)(=O)c1ccc(N2CCOCC2)c(C(=O)NCCOc2cccc3ccccc23)c1. The van der Waals surface area contributed by atoms with E-state index in [0.29, 0.717) is 32.0 Å². The first-order chi connectivity index (χ1) is 15.4. The van der Waals surface area contributed by atoms with Gasteiger partial charge in [0.2, 0.25) is 10.0 Å². The lowest BCUT2D eigenvalue weighted by atomic mass is 10.1. The van der Waals surface area contributed by atoms with E-state index in [1.165, 1.54) is 12.1 Å². The van der Waals surface area contributed by atoms with Crippen molar-refractivity contribution in [2.24, 2.45) is 5.14 Å². The van der Waals surface area contributed by atoms with Crippen LogP contribution >= 0.6 is 0 Å². The van der Waals surface area contributed by atoms with Crippen LogP contribution in [0, 0.1) is 0 Å². The third-order valence-electron chi connectivity index (χ3n) is 5.29. The van der Waals surface area contributed by atoms with Crippen molar-refractivity contribution in [2.75, 3.05) is 44.4 Å². The number of morpholine rings is 1. The number of ether oxygens (including phenoxy) is 2. The van der Waals surface area contributed by atoms with E-state index < -0.39 is 15.9 Å².